The highest BCUT2D eigenvalue weighted by Crippen LogP contribution is 2.25. The van der Waals surface area contributed by atoms with Gasteiger partial charge >= 0.3 is 0 Å². The Labute approximate surface area is 118 Å². The van der Waals surface area contributed by atoms with Crippen molar-refractivity contribution in [1.29, 1.82) is 0 Å². The SMILES string of the molecule is CCC1CCN(C2CCN(C(=O)C(C)C)CC2)CC1. The summed E-state index contributed by atoms with van der Waals surface area (Å²) in [6.07, 6.45) is 6.45. The fourth-order valence-corrected chi connectivity index (χ4v) is 3.54. The van der Waals surface area contributed by atoms with Crippen LogP contribution in [0.15, 0.2) is 0 Å². The highest BCUT2D eigenvalue weighted by molar-refractivity contribution is 5.78. The number of amides is 1. The summed E-state index contributed by atoms with van der Waals surface area (Å²) >= 11 is 0. The summed E-state index contributed by atoms with van der Waals surface area (Å²) in [7, 11) is 0. The number of hydrogen-bond acceptors (Lipinski definition) is 2. The monoisotopic (exact) mass is 266 g/mol. The molecule has 110 valence electrons. The fourth-order valence-electron chi connectivity index (χ4n) is 3.54. The lowest BCUT2D eigenvalue weighted by Crippen LogP contribution is -2.49. The average molecular weight is 266 g/mol. The summed E-state index contributed by atoms with van der Waals surface area (Å²) in [6, 6.07) is 0.731. The van der Waals surface area contributed by atoms with Crippen molar-refractivity contribution in [3.05, 3.63) is 0 Å². The maximum Gasteiger partial charge on any atom is 0.225 e. The number of carbonyl (C=O) groups is 1. The summed E-state index contributed by atoms with van der Waals surface area (Å²) in [6.45, 7) is 10.8. The Balaban J connectivity index is 1.76. The largest absolute Gasteiger partial charge is 0.342 e. The van der Waals surface area contributed by atoms with E-state index >= 15 is 0 Å². The van der Waals surface area contributed by atoms with Gasteiger partial charge in [-0.3, -0.25) is 4.79 Å². The smallest absolute Gasteiger partial charge is 0.225 e. The van der Waals surface area contributed by atoms with E-state index in [1.807, 2.05) is 13.8 Å². The summed E-state index contributed by atoms with van der Waals surface area (Å²) in [5.41, 5.74) is 0. The van der Waals surface area contributed by atoms with Gasteiger partial charge in [0.05, 0.1) is 0 Å². The zero-order valence-electron chi connectivity index (χ0n) is 12.9. The van der Waals surface area contributed by atoms with Gasteiger partial charge in [0.1, 0.15) is 0 Å². The molecule has 3 heteroatoms. The van der Waals surface area contributed by atoms with Crippen LogP contribution in [0.3, 0.4) is 0 Å². The third-order valence-corrected chi connectivity index (χ3v) is 5.01. The second-order valence-electron chi connectivity index (χ2n) is 6.60. The maximum atomic E-state index is 12.0. The molecule has 0 saturated carbocycles. The van der Waals surface area contributed by atoms with E-state index in [2.05, 4.69) is 16.7 Å². The van der Waals surface area contributed by atoms with Gasteiger partial charge in [0.15, 0.2) is 0 Å². The number of hydrogen-bond donors (Lipinski definition) is 0. The fraction of sp³-hybridized carbons (Fsp3) is 0.938. The van der Waals surface area contributed by atoms with Gasteiger partial charge < -0.3 is 9.80 Å². The summed E-state index contributed by atoms with van der Waals surface area (Å²) in [5, 5.41) is 0. The van der Waals surface area contributed by atoms with Crippen LogP contribution in [0.5, 0.6) is 0 Å². The molecular formula is C16H30N2O. The third-order valence-electron chi connectivity index (χ3n) is 5.01. The van der Waals surface area contributed by atoms with Crippen LogP contribution in [0.2, 0.25) is 0 Å². The lowest BCUT2D eigenvalue weighted by Gasteiger charge is -2.42. The average Bonchev–Trinajstić information content (AvgIpc) is 2.46. The number of likely N-dealkylation sites (tertiary alicyclic amines) is 2. The van der Waals surface area contributed by atoms with Gasteiger partial charge in [-0.2, -0.15) is 0 Å². The molecule has 0 aromatic heterocycles. The molecule has 0 aromatic carbocycles. The van der Waals surface area contributed by atoms with Crippen LogP contribution in [0, 0.1) is 11.8 Å². The van der Waals surface area contributed by atoms with Crippen LogP contribution < -0.4 is 0 Å². The second kappa shape index (κ2) is 6.74. The van der Waals surface area contributed by atoms with Crippen LogP contribution in [-0.4, -0.2) is 47.9 Å². The molecule has 19 heavy (non-hydrogen) atoms. The first-order chi connectivity index (χ1) is 9.11. The molecular weight excluding hydrogens is 236 g/mol. The first kappa shape index (κ1) is 14.8. The second-order valence-corrected chi connectivity index (χ2v) is 6.60. The van der Waals surface area contributed by atoms with E-state index in [4.69, 9.17) is 0 Å². The number of piperidine rings is 2. The Morgan fingerprint density at radius 3 is 2.11 bits per heavy atom. The summed E-state index contributed by atoms with van der Waals surface area (Å²) in [4.78, 5) is 16.7. The molecule has 0 unspecified atom stereocenters. The minimum Gasteiger partial charge on any atom is -0.342 e. The molecule has 2 heterocycles. The van der Waals surface area contributed by atoms with Crippen molar-refractivity contribution in [3.8, 4) is 0 Å². The van der Waals surface area contributed by atoms with Gasteiger partial charge in [-0.05, 0) is 44.7 Å². The number of carbonyl (C=O) groups excluding carboxylic acids is 1. The summed E-state index contributed by atoms with van der Waals surface area (Å²) < 4.78 is 0. The van der Waals surface area contributed by atoms with Gasteiger partial charge in [0.25, 0.3) is 0 Å². The topological polar surface area (TPSA) is 23.6 Å². The molecule has 3 nitrogen and oxygen atoms in total. The first-order valence-electron chi connectivity index (χ1n) is 8.14. The maximum absolute atomic E-state index is 12.0. The molecule has 0 bridgehead atoms. The van der Waals surface area contributed by atoms with Crippen molar-refractivity contribution in [2.75, 3.05) is 26.2 Å². The van der Waals surface area contributed by atoms with Crippen LogP contribution in [0.1, 0.15) is 52.9 Å². The Morgan fingerprint density at radius 1 is 1.05 bits per heavy atom. The van der Waals surface area contributed by atoms with E-state index in [9.17, 15) is 4.79 Å². The third kappa shape index (κ3) is 3.71. The van der Waals surface area contributed by atoms with Crippen LogP contribution in [-0.2, 0) is 4.79 Å². The number of rotatable bonds is 3. The van der Waals surface area contributed by atoms with Crippen LogP contribution >= 0.6 is 0 Å². The van der Waals surface area contributed by atoms with E-state index in [-0.39, 0.29) is 5.92 Å². The molecule has 0 N–H and O–H groups in total. The lowest BCUT2D eigenvalue weighted by molar-refractivity contribution is -0.136. The molecule has 2 fully saturated rings. The standard InChI is InChI=1S/C16H30N2O/c1-4-14-5-9-17(10-6-14)15-7-11-18(12-8-15)16(19)13(2)3/h13-15H,4-12H2,1-3H3. The van der Waals surface area contributed by atoms with Gasteiger partial charge in [-0.1, -0.05) is 27.2 Å². The van der Waals surface area contributed by atoms with E-state index in [0.29, 0.717) is 5.91 Å². The molecule has 1 amide bonds. The molecule has 2 aliphatic heterocycles. The molecule has 0 aliphatic carbocycles. The highest BCUT2D eigenvalue weighted by atomic mass is 16.2. The molecule has 2 saturated heterocycles. The van der Waals surface area contributed by atoms with E-state index in [1.54, 1.807) is 0 Å². The highest BCUT2D eigenvalue weighted by Gasteiger charge is 2.29. The van der Waals surface area contributed by atoms with Crippen molar-refractivity contribution in [2.45, 2.75) is 58.9 Å². The zero-order chi connectivity index (χ0) is 13.8. The van der Waals surface area contributed by atoms with Gasteiger partial charge in [-0.25, -0.2) is 0 Å². The predicted octanol–water partition coefficient (Wildman–Crippen LogP) is 2.76. The molecule has 0 atom stereocenters. The Kier molecular flexibility index (Phi) is 5.26. The van der Waals surface area contributed by atoms with E-state index in [1.165, 1.54) is 45.2 Å². The van der Waals surface area contributed by atoms with Crippen molar-refractivity contribution in [1.82, 2.24) is 9.80 Å². The minimum absolute atomic E-state index is 0.150. The molecule has 2 rings (SSSR count). The number of nitrogens with zero attached hydrogens (tertiary/aromatic N) is 2. The minimum atomic E-state index is 0.150. The zero-order valence-corrected chi connectivity index (χ0v) is 12.9. The molecule has 0 radical (unpaired) electrons. The van der Waals surface area contributed by atoms with Crippen molar-refractivity contribution < 1.29 is 4.79 Å². The molecule has 2 aliphatic rings. The van der Waals surface area contributed by atoms with Crippen molar-refractivity contribution in [2.24, 2.45) is 11.8 Å². The Hall–Kier alpha value is -0.570. The Morgan fingerprint density at radius 2 is 1.63 bits per heavy atom. The molecule has 0 aromatic rings. The van der Waals surface area contributed by atoms with Crippen molar-refractivity contribution >= 4 is 5.91 Å². The normalized spacial score (nSPS) is 24.1. The predicted molar refractivity (Wildman–Crippen MR) is 79.0 cm³/mol. The quantitative estimate of drug-likeness (QED) is 0.784. The van der Waals surface area contributed by atoms with Crippen molar-refractivity contribution in [3.63, 3.8) is 0 Å². The van der Waals surface area contributed by atoms with E-state index in [0.717, 1.165) is 25.0 Å². The van der Waals surface area contributed by atoms with Crippen LogP contribution in [0.4, 0.5) is 0 Å². The van der Waals surface area contributed by atoms with Gasteiger partial charge in [0, 0.05) is 25.0 Å². The Bertz CT molecular complexity index is 287. The molecule has 0 spiro atoms. The van der Waals surface area contributed by atoms with Crippen LogP contribution in [0.25, 0.3) is 0 Å². The summed E-state index contributed by atoms with van der Waals surface area (Å²) in [5.74, 6) is 1.44. The van der Waals surface area contributed by atoms with Gasteiger partial charge in [0.2, 0.25) is 5.91 Å². The van der Waals surface area contributed by atoms with Gasteiger partial charge in [-0.15, -0.1) is 0 Å². The first-order valence-corrected chi connectivity index (χ1v) is 8.14. The van der Waals surface area contributed by atoms with E-state index < -0.39 is 0 Å². The lowest BCUT2D eigenvalue weighted by atomic mass is 9.91.